The zero-order chi connectivity index (χ0) is 14.4. The Morgan fingerprint density at radius 1 is 1.20 bits per heavy atom. The van der Waals surface area contributed by atoms with Crippen LogP contribution in [0.25, 0.3) is 0 Å². The Labute approximate surface area is 122 Å². The first-order chi connectivity index (χ1) is 9.72. The Morgan fingerprint density at radius 2 is 2.00 bits per heavy atom. The predicted molar refractivity (Wildman–Crippen MR) is 81.3 cm³/mol. The van der Waals surface area contributed by atoms with Gasteiger partial charge in [-0.15, -0.1) is 0 Å². The Kier molecular flexibility index (Phi) is 4.84. The largest absolute Gasteiger partial charge is 0.493 e. The number of hydrogen-bond acceptors (Lipinski definition) is 4. The van der Waals surface area contributed by atoms with Crippen LogP contribution in [0, 0.1) is 0 Å². The number of rotatable bonds is 5. The molecule has 2 N–H and O–H groups in total. The van der Waals surface area contributed by atoms with Crippen LogP contribution in [0.15, 0.2) is 41.0 Å². The fourth-order valence-electron chi connectivity index (χ4n) is 1.67. The number of ether oxygens (including phenoxy) is 2. The Morgan fingerprint density at radius 3 is 2.65 bits per heavy atom. The second-order valence-corrected chi connectivity index (χ2v) is 4.37. The third kappa shape index (κ3) is 3.64. The molecule has 0 atom stereocenters. The van der Waals surface area contributed by atoms with Crippen molar-refractivity contribution in [1.29, 1.82) is 0 Å². The zero-order valence-corrected chi connectivity index (χ0v) is 12.1. The summed E-state index contributed by atoms with van der Waals surface area (Å²) in [6, 6.07) is 9.21. The van der Waals surface area contributed by atoms with E-state index in [0.717, 1.165) is 11.4 Å². The second-order valence-electron chi connectivity index (χ2n) is 3.96. The number of hydrogen-bond donors (Lipinski definition) is 2. The lowest BCUT2D eigenvalue weighted by Gasteiger charge is -2.12. The monoisotopic (exact) mass is 292 g/mol. The quantitative estimate of drug-likeness (QED) is 0.827. The number of furan rings is 1. The van der Waals surface area contributed by atoms with E-state index in [2.05, 4.69) is 10.6 Å². The van der Waals surface area contributed by atoms with Crippen LogP contribution in [-0.4, -0.2) is 19.3 Å². The second kappa shape index (κ2) is 6.81. The molecule has 0 aliphatic rings. The molecule has 0 radical (unpaired) electrons. The van der Waals surface area contributed by atoms with Crippen molar-refractivity contribution in [1.82, 2.24) is 5.32 Å². The van der Waals surface area contributed by atoms with Crippen molar-refractivity contribution in [2.75, 3.05) is 19.5 Å². The van der Waals surface area contributed by atoms with Crippen LogP contribution in [0.4, 0.5) is 5.69 Å². The Balaban J connectivity index is 1.93. The molecule has 0 aliphatic heterocycles. The van der Waals surface area contributed by atoms with Gasteiger partial charge in [0.25, 0.3) is 0 Å². The molecule has 2 aromatic rings. The summed E-state index contributed by atoms with van der Waals surface area (Å²) in [5, 5.41) is 6.64. The summed E-state index contributed by atoms with van der Waals surface area (Å²) in [6.07, 6.45) is 1.63. The van der Waals surface area contributed by atoms with Gasteiger partial charge < -0.3 is 24.5 Å². The molecule has 0 fully saturated rings. The van der Waals surface area contributed by atoms with E-state index in [1.165, 1.54) is 0 Å². The Bertz CT molecular complexity index is 570. The number of methoxy groups -OCH3 is 2. The molecule has 6 heteroatoms. The normalized spacial score (nSPS) is 9.90. The molecule has 20 heavy (non-hydrogen) atoms. The van der Waals surface area contributed by atoms with Crippen molar-refractivity contribution in [2.45, 2.75) is 6.54 Å². The van der Waals surface area contributed by atoms with Crippen molar-refractivity contribution >= 4 is 23.0 Å². The first-order valence-electron chi connectivity index (χ1n) is 6.02. The molecule has 0 saturated carbocycles. The molecule has 0 bridgehead atoms. The first-order valence-corrected chi connectivity index (χ1v) is 6.43. The van der Waals surface area contributed by atoms with Gasteiger partial charge in [0.05, 0.1) is 27.0 Å². The van der Waals surface area contributed by atoms with Gasteiger partial charge in [0.2, 0.25) is 0 Å². The molecule has 0 amide bonds. The van der Waals surface area contributed by atoms with Gasteiger partial charge in [0.1, 0.15) is 5.76 Å². The molecule has 1 aromatic heterocycles. The highest BCUT2D eigenvalue weighted by Crippen LogP contribution is 2.29. The highest BCUT2D eigenvalue weighted by molar-refractivity contribution is 7.80. The number of thiocarbonyl (C=S) groups is 1. The number of anilines is 1. The van der Waals surface area contributed by atoms with E-state index in [1.54, 1.807) is 20.5 Å². The van der Waals surface area contributed by atoms with Gasteiger partial charge in [-0.1, -0.05) is 0 Å². The van der Waals surface area contributed by atoms with Crippen LogP contribution in [0.5, 0.6) is 11.5 Å². The van der Waals surface area contributed by atoms with Crippen LogP contribution >= 0.6 is 12.2 Å². The fraction of sp³-hybridized carbons (Fsp3) is 0.214. The molecule has 106 valence electrons. The Hall–Kier alpha value is -2.21. The molecule has 1 aromatic carbocycles. The van der Waals surface area contributed by atoms with E-state index in [0.29, 0.717) is 23.2 Å². The van der Waals surface area contributed by atoms with E-state index >= 15 is 0 Å². The van der Waals surface area contributed by atoms with Gasteiger partial charge in [0.15, 0.2) is 16.6 Å². The van der Waals surface area contributed by atoms with Gasteiger partial charge >= 0.3 is 0 Å². The molecule has 5 nitrogen and oxygen atoms in total. The summed E-state index contributed by atoms with van der Waals surface area (Å²) in [5.41, 5.74) is 0.819. The van der Waals surface area contributed by atoms with Gasteiger partial charge in [-0.05, 0) is 36.5 Å². The average Bonchev–Trinajstić information content (AvgIpc) is 2.98. The summed E-state index contributed by atoms with van der Waals surface area (Å²) in [4.78, 5) is 0. The maximum atomic E-state index is 5.23. The minimum atomic E-state index is 0.508. The molecular formula is C14H16N2O3S. The summed E-state index contributed by atoms with van der Waals surface area (Å²) in [7, 11) is 3.19. The molecule has 0 aliphatic carbocycles. The number of benzene rings is 1. The van der Waals surface area contributed by atoms with Crippen molar-refractivity contribution in [3.63, 3.8) is 0 Å². The minimum absolute atomic E-state index is 0.508. The molecule has 0 unspecified atom stereocenters. The summed E-state index contributed by atoms with van der Waals surface area (Å²) < 4.78 is 15.6. The summed E-state index contributed by atoms with van der Waals surface area (Å²) in [5.74, 6) is 2.14. The van der Waals surface area contributed by atoms with Gasteiger partial charge in [-0.25, -0.2) is 0 Å². The standard InChI is InChI=1S/C14H16N2O3S/c1-17-12-6-5-10(8-13(12)18-2)16-14(20)15-9-11-4-3-7-19-11/h3-8H,9H2,1-2H3,(H2,15,16,20). The zero-order valence-electron chi connectivity index (χ0n) is 11.3. The summed E-state index contributed by atoms with van der Waals surface area (Å²) >= 11 is 5.21. The van der Waals surface area contributed by atoms with Crippen LogP contribution in [-0.2, 0) is 6.54 Å². The maximum absolute atomic E-state index is 5.23. The van der Waals surface area contributed by atoms with Crippen molar-refractivity contribution in [3.8, 4) is 11.5 Å². The van der Waals surface area contributed by atoms with Crippen molar-refractivity contribution in [3.05, 3.63) is 42.4 Å². The highest BCUT2D eigenvalue weighted by atomic mass is 32.1. The lowest BCUT2D eigenvalue weighted by molar-refractivity contribution is 0.355. The van der Waals surface area contributed by atoms with Crippen LogP contribution in [0.3, 0.4) is 0 Å². The topological polar surface area (TPSA) is 55.7 Å². The van der Waals surface area contributed by atoms with Crippen LogP contribution in [0.2, 0.25) is 0 Å². The maximum Gasteiger partial charge on any atom is 0.171 e. The van der Waals surface area contributed by atoms with Gasteiger partial charge in [-0.3, -0.25) is 0 Å². The fourth-order valence-corrected chi connectivity index (χ4v) is 1.86. The molecule has 1 heterocycles. The van der Waals surface area contributed by atoms with E-state index in [4.69, 9.17) is 26.1 Å². The third-order valence-electron chi connectivity index (χ3n) is 2.64. The van der Waals surface area contributed by atoms with Gasteiger partial charge in [0, 0.05) is 11.8 Å². The predicted octanol–water partition coefficient (Wildman–Crippen LogP) is 2.78. The van der Waals surface area contributed by atoms with E-state index in [-0.39, 0.29) is 0 Å². The first kappa shape index (κ1) is 14.2. The van der Waals surface area contributed by atoms with Gasteiger partial charge in [-0.2, -0.15) is 0 Å². The van der Waals surface area contributed by atoms with E-state index in [1.807, 2.05) is 30.3 Å². The average molecular weight is 292 g/mol. The SMILES string of the molecule is COc1ccc(NC(=S)NCc2ccco2)cc1OC. The molecule has 0 spiro atoms. The number of nitrogens with one attached hydrogen (secondary N) is 2. The minimum Gasteiger partial charge on any atom is -0.493 e. The van der Waals surface area contributed by atoms with Crippen molar-refractivity contribution in [2.24, 2.45) is 0 Å². The molecular weight excluding hydrogens is 276 g/mol. The lowest BCUT2D eigenvalue weighted by Crippen LogP contribution is -2.27. The third-order valence-corrected chi connectivity index (χ3v) is 2.89. The highest BCUT2D eigenvalue weighted by Gasteiger charge is 2.05. The molecule has 0 saturated heterocycles. The van der Waals surface area contributed by atoms with Crippen molar-refractivity contribution < 1.29 is 13.9 Å². The summed E-state index contributed by atoms with van der Waals surface area (Å²) in [6.45, 7) is 0.534. The van der Waals surface area contributed by atoms with Crippen LogP contribution < -0.4 is 20.1 Å². The smallest absolute Gasteiger partial charge is 0.171 e. The van der Waals surface area contributed by atoms with E-state index < -0.39 is 0 Å². The lowest BCUT2D eigenvalue weighted by atomic mass is 10.3. The van der Waals surface area contributed by atoms with E-state index in [9.17, 15) is 0 Å². The van der Waals surface area contributed by atoms with Crippen LogP contribution in [0.1, 0.15) is 5.76 Å². The molecule has 2 rings (SSSR count).